The van der Waals surface area contributed by atoms with Gasteiger partial charge >= 0.3 is 0 Å². The monoisotopic (exact) mass is 211 g/mol. The summed E-state index contributed by atoms with van der Waals surface area (Å²) in [4.78, 5) is 0. The molecule has 1 atom stereocenters. The maximum absolute atomic E-state index is 6.16. The second-order valence-corrected chi connectivity index (χ2v) is 4.56. The van der Waals surface area contributed by atoms with Gasteiger partial charge in [-0.1, -0.05) is 20.8 Å². The van der Waals surface area contributed by atoms with E-state index in [1.807, 2.05) is 12.1 Å². The van der Waals surface area contributed by atoms with Crippen LogP contribution in [0.25, 0.3) is 0 Å². The van der Waals surface area contributed by atoms with Crippen molar-refractivity contribution in [2.45, 2.75) is 39.8 Å². The summed E-state index contributed by atoms with van der Waals surface area (Å²) >= 11 is 0. The van der Waals surface area contributed by atoms with Gasteiger partial charge in [-0.2, -0.15) is 0 Å². The lowest BCUT2D eigenvalue weighted by Crippen LogP contribution is -2.28. The number of methoxy groups -OCH3 is 1. The number of rotatable bonds is 5. The molecule has 0 fully saturated rings. The Morgan fingerprint density at radius 1 is 1.47 bits per heavy atom. The molecular weight excluding hydrogens is 190 g/mol. The minimum Gasteiger partial charge on any atom is -0.462 e. The Morgan fingerprint density at radius 2 is 2.13 bits per heavy atom. The quantitative estimate of drug-likeness (QED) is 0.814. The first-order chi connectivity index (χ1) is 7.01. The third-order valence-electron chi connectivity index (χ3n) is 3.03. The summed E-state index contributed by atoms with van der Waals surface area (Å²) < 4.78 is 10.6. The fourth-order valence-corrected chi connectivity index (χ4v) is 1.39. The number of furan rings is 1. The number of hydrogen-bond donors (Lipinski definition) is 1. The molecule has 0 saturated heterocycles. The Labute approximate surface area is 91.6 Å². The van der Waals surface area contributed by atoms with Crippen molar-refractivity contribution in [3.05, 3.63) is 23.7 Å². The minimum atomic E-state index is -0.0619. The van der Waals surface area contributed by atoms with Crippen LogP contribution in [-0.2, 0) is 11.3 Å². The highest BCUT2D eigenvalue weighted by Crippen LogP contribution is 2.34. The van der Waals surface area contributed by atoms with Crippen LogP contribution in [0.1, 0.15) is 44.8 Å². The fourth-order valence-electron chi connectivity index (χ4n) is 1.39. The molecule has 0 bridgehead atoms. The normalized spacial score (nSPS) is 14.2. The first-order valence-electron chi connectivity index (χ1n) is 5.34. The Bertz CT molecular complexity index is 304. The first kappa shape index (κ1) is 12.3. The smallest absolute Gasteiger partial charge is 0.129 e. The van der Waals surface area contributed by atoms with Crippen LogP contribution in [0.4, 0.5) is 0 Å². The SMILES string of the molecule is CCC(C)(C)C(N)c1ccc(COC)o1. The van der Waals surface area contributed by atoms with Gasteiger partial charge in [0.05, 0.1) is 6.04 Å². The molecule has 1 rings (SSSR count). The molecule has 0 aliphatic rings. The van der Waals surface area contributed by atoms with Gasteiger partial charge in [0.1, 0.15) is 18.1 Å². The van der Waals surface area contributed by atoms with Crippen LogP contribution < -0.4 is 5.73 Å². The predicted molar refractivity (Wildman–Crippen MR) is 60.4 cm³/mol. The zero-order chi connectivity index (χ0) is 11.5. The average molecular weight is 211 g/mol. The van der Waals surface area contributed by atoms with Crippen molar-refractivity contribution in [2.75, 3.05) is 7.11 Å². The summed E-state index contributed by atoms with van der Waals surface area (Å²) in [6.07, 6.45) is 1.02. The zero-order valence-corrected chi connectivity index (χ0v) is 10.0. The molecule has 1 aromatic rings. The van der Waals surface area contributed by atoms with Crippen LogP contribution in [0.2, 0.25) is 0 Å². The van der Waals surface area contributed by atoms with Gasteiger partial charge in [0.2, 0.25) is 0 Å². The van der Waals surface area contributed by atoms with Gasteiger partial charge in [0.15, 0.2) is 0 Å². The topological polar surface area (TPSA) is 48.4 Å². The second kappa shape index (κ2) is 4.81. The summed E-state index contributed by atoms with van der Waals surface area (Å²) in [5, 5.41) is 0. The molecule has 2 N–H and O–H groups in total. The Balaban J connectivity index is 2.78. The van der Waals surface area contributed by atoms with Gasteiger partial charge in [-0.3, -0.25) is 0 Å². The Morgan fingerprint density at radius 3 is 2.67 bits per heavy atom. The summed E-state index contributed by atoms with van der Waals surface area (Å²) in [7, 11) is 1.65. The van der Waals surface area contributed by atoms with E-state index in [1.165, 1.54) is 0 Å². The van der Waals surface area contributed by atoms with Gasteiger partial charge < -0.3 is 14.9 Å². The molecule has 1 unspecified atom stereocenters. The van der Waals surface area contributed by atoms with Crippen LogP contribution in [0.15, 0.2) is 16.5 Å². The van der Waals surface area contributed by atoms with Crippen LogP contribution in [-0.4, -0.2) is 7.11 Å². The molecular formula is C12H21NO2. The van der Waals surface area contributed by atoms with Crippen molar-refractivity contribution in [1.29, 1.82) is 0 Å². The summed E-state index contributed by atoms with van der Waals surface area (Å²) in [5.74, 6) is 1.67. The molecule has 0 saturated carbocycles. The Hall–Kier alpha value is -0.800. The first-order valence-corrected chi connectivity index (χ1v) is 5.34. The zero-order valence-electron chi connectivity index (χ0n) is 10.0. The summed E-state index contributed by atoms with van der Waals surface area (Å²) in [5.41, 5.74) is 6.22. The molecule has 3 nitrogen and oxygen atoms in total. The van der Waals surface area contributed by atoms with Gasteiger partial charge in [-0.05, 0) is 24.0 Å². The van der Waals surface area contributed by atoms with Crippen molar-refractivity contribution < 1.29 is 9.15 Å². The molecule has 0 radical (unpaired) electrons. The van der Waals surface area contributed by atoms with E-state index in [0.29, 0.717) is 6.61 Å². The maximum atomic E-state index is 6.16. The van der Waals surface area contributed by atoms with Crippen molar-refractivity contribution in [1.82, 2.24) is 0 Å². The standard InChI is InChI=1S/C12H21NO2/c1-5-12(2,3)11(13)10-7-6-9(15-10)8-14-4/h6-7,11H,5,8,13H2,1-4H3. The predicted octanol–water partition coefficient (Wildman–Crippen LogP) is 2.86. The highest BCUT2D eigenvalue weighted by molar-refractivity contribution is 5.12. The molecule has 0 aliphatic heterocycles. The fraction of sp³-hybridized carbons (Fsp3) is 0.667. The molecule has 86 valence electrons. The molecule has 0 amide bonds. The van der Waals surface area contributed by atoms with E-state index in [9.17, 15) is 0 Å². The van der Waals surface area contributed by atoms with E-state index in [2.05, 4.69) is 20.8 Å². The second-order valence-electron chi connectivity index (χ2n) is 4.56. The minimum absolute atomic E-state index is 0.0577. The number of nitrogens with two attached hydrogens (primary N) is 1. The number of ether oxygens (including phenoxy) is 1. The van der Waals surface area contributed by atoms with Crippen molar-refractivity contribution in [3.8, 4) is 0 Å². The van der Waals surface area contributed by atoms with Crippen LogP contribution >= 0.6 is 0 Å². The average Bonchev–Trinajstić information content (AvgIpc) is 2.66. The van der Waals surface area contributed by atoms with Gasteiger partial charge in [0.25, 0.3) is 0 Å². The molecule has 15 heavy (non-hydrogen) atoms. The lowest BCUT2D eigenvalue weighted by Gasteiger charge is -2.28. The molecule has 0 spiro atoms. The van der Waals surface area contributed by atoms with Crippen molar-refractivity contribution in [2.24, 2.45) is 11.1 Å². The molecule has 3 heteroatoms. The molecule has 0 aliphatic carbocycles. The van der Waals surface area contributed by atoms with Gasteiger partial charge in [-0.15, -0.1) is 0 Å². The Kier molecular flexibility index (Phi) is 3.94. The van der Waals surface area contributed by atoms with Gasteiger partial charge in [-0.25, -0.2) is 0 Å². The van der Waals surface area contributed by atoms with E-state index in [4.69, 9.17) is 14.9 Å². The van der Waals surface area contributed by atoms with Gasteiger partial charge in [0, 0.05) is 7.11 Å². The van der Waals surface area contributed by atoms with Crippen molar-refractivity contribution >= 4 is 0 Å². The maximum Gasteiger partial charge on any atom is 0.129 e. The highest BCUT2D eigenvalue weighted by Gasteiger charge is 2.28. The van der Waals surface area contributed by atoms with E-state index >= 15 is 0 Å². The van der Waals surface area contributed by atoms with Crippen molar-refractivity contribution in [3.63, 3.8) is 0 Å². The lowest BCUT2D eigenvalue weighted by molar-refractivity contribution is 0.157. The van der Waals surface area contributed by atoms with Crippen LogP contribution in [0, 0.1) is 5.41 Å². The highest BCUT2D eigenvalue weighted by atomic mass is 16.5. The van der Waals surface area contributed by atoms with E-state index in [1.54, 1.807) is 7.11 Å². The largest absolute Gasteiger partial charge is 0.462 e. The summed E-state index contributed by atoms with van der Waals surface area (Å²) in [6, 6.07) is 3.80. The summed E-state index contributed by atoms with van der Waals surface area (Å²) in [6.45, 7) is 6.94. The lowest BCUT2D eigenvalue weighted by atomic mass is 9.81. The third kappa shape index (κ3) is 2.83. The van der Waals surface area contributed by atoms with E-state index < -0.39 is 0 Å². The number of hydrogen-bond acceptors (Lipinski definition) is 3. The van der Waals surface area contributed by atoms with E-state index in [-0.39, 0.29) is 11.5 Å². The molecule has 1 aromatic heterocycles. The van der Waals surface area contributed by atoms with Crippen LogP contribution in [0.3, 0.4) is 0 Å². The van der Waals surface area contributed by atoms with E-state index in [0.717, 1.165) is 17.9 Å². The molecule has 1 heterocycles. The van der Waals surface area contributed by atoms with Crippen LogP contribution in [0.5, 0.6) is 0 Å². The third-order valence-corrected chi connectivity index (χ3v) is 3.03. The molecule has 0 aromatic carbocycles.